The van der Waals surface area contributed by atoms with Crippen LogP contribution in [0.1, 0.15) is 23.5 Å². The monoisotopic (exact) mass is 312 g/mol. The highest BCUT2D eigenvalue weighted by Gasteiger charge is 2.18. The molecule has 4 heteroatoms. The van der Waals surface area contributed by atoms with E-state index in [4.69, 9.17) is 0 Å². The van der Waals surface area contributed by atoms with Crippen molar-refractivity contribution in [3.05, 3.63) is 59.7 Å². The fraction of sp³-hybridized carbons (Fsp3) is 0.316. The molecule has 1 N–H and O–H groups in total. The second-order valence-corrected chi connectivity index (χ2v) is 6.12. The van der Waals surface area contributed by atoms with Crippen LogP contribution in [0.2, 0.25) is 0 Å². The first-order chi connectivity index (χ1) is 10.9. The smallest absolute Gasteiger partial charge is 0.304 e. The molecule has 0 spiro atoms. The van der Waals surface area contributed by atoms with Gasteiger partial charge >= 0.3 is 5.97 Å². The number of carboxylic acid groups (broad SMARTS) is 1. The van der Waals surface area contributed by atoms with E-state index < -0.39 is 5.97 Å². The van der Waals surface area contributed by atoms with Crippen LogP contribution in [0.3, 0.4) is 0 Å². The molecule has 0 aliphatic heterocycles. The lowest BCUT2D eigenvalue weighted by Crippen LogP contribution is -2.11. The first-order valence-electron chi connectivity index (χ1n) is 7.65. The van der Waals surface area contributed by atoms with Crippen LogP contribution in [-0.4, -0.2) is 39.3 Å². The molecule has 0 aromatic heterocycles. The van der Waals surface area contributed by atoms with Crippen molar-refractivity contribution in [3.8, 4) is 0 Å². The van der Waals surface area contributed by atoms with Gasteiger partial charge in [0, 0.05) is 45.5 Å². The Labute approximate surface area is 138 Å². The molecule has 23 heavy (non-hydrogen) atoms. The molecule has 0 fully saturated rings. The summed E-state index contributed by atoms with van der Waals surface area (Å²) in [6, 6.07) is 16.2. The summed E-state index contributed by atoms with van der Waals surface area (Å²) in [7, 11) is 7.96. The lowest BCUT2D eigenvalue weighted by atomic mass is 9.88. The Hall–Kier alpha value is -2.49. The number of benzene rings is 2. The standard InChI is InChI=1S/C19H24N2O2/c1-20(2)16-9-5-14(6-10-16)18(13-19(22)23)15-7-11-17(12-8-15)21(3)4/h5-12,18H,13H2,1-4H3,(H,22,23). The second kappa shape index (κ2) is 7.18. The predicted molar refractivity (Wildman–Crippen MR) is 95.6 cm³/mol. The lowest BCUT2D eigenvalue weighted by molar-refractivity contribution is -0.137. The Bertz CT molecular complexity index is 595. The van der Waals surface area contributed by atoms with Crippen LogP contribution >= 0.6 is 0 Å². The average molecular weight is 312 g/mol. The summed E-state index contributed by atoms with van der Waals surface area (Å²) in [6.07, 6.45) is 0.0859. The maximum Gasteiger partial charge on any atom is 0.304 e. The van der Waals surface area contributed by atoms with Crippen molar-refractivity contribution in [3.63, 3.8) is 0 Å². The molecule has 0 bridgehead atoms. The molecule has 0 radical (unpaired) electrons. The van der Waals surface area contributed by atoms with Crippen molar-refractivity contribution in [2.24, 2.45) is 0 Å². The van der Waals surface area contributed by atoms with E-state index >= 15 is 0 Å². The van der Waals surface area contributed by atoms with E-state index in [-0.39, 0.29) is 12.3 Å². The Morgan fingerprint density at radius 2 is 1.17 bits per heavy atom. The summed E-state index contributed by atoms with van der Waals surface area (Å²) < 4.78 is 0. The second-order valence-electron chi connectivity index (χ2n) is 6.12. The van der Waals surface area contributed by atoms with Crippen molar-refractivity contribution in [1.82, 2.24) is 0 Å². The molecule has 0 unspecified atom stereocenters. The van der Waals surface area contributed by atoms with E-state index in [0.29, 0.717) is 0 Å². The zero-order chi connectivity index (χ0) is 17.0. The number of rotatable bonds is 6. The molecular formula is C19H24N2O2. The van der Waals surface area contributed by atoms with Gasteiger partial charge in [0.25, 0.3) is 0 Å². The van der Waals surface area contributed by atoms with Gasteiger partial charge in [0.2, 0.25) is 0 Å². The minimum Gasteiger partial charge on any atom is -0.481 e. The van der Waals surface area contributed by atoms with Crippen LogP contribution in [0.5, 0.6) is 0 Å². The predicted octanol–water partition coefficient (Wildman–Crippen LogP) is 3.43. The third-order valence-electron chi connectivity index (χ3n) is 4.00. The molecule has 122 valence electrons. The topological polar surface area (TPSA) is 43.8 Å². The van der Waals surface area contributed by atoms with E-state index in [0.717, 1.165) is 22.5 Å². The average Bonchev–Trinajstić information content (AvgIpc) is 2.52. The number of aliphatic carboxylic acids is 1. The van der Waals surface area contributed by atoms with E-state index in [2.05, 4.69) is 0 Å². The van der Waals surface area contributed by atoms with Crippen LogP contribution in [0.4, 0.5) is 11.4 Å². The van der Waals surface area contributed by atoms with Crippen molar-refractivity contribution >= 4 is 17.3 Å². The van der Waals surface area contributed by atoms with Crippen molar-refractivity contribution in [2.45, 2.75) is 12.3 Å². The van der Waals surface area contributed by atoms with Gasteiger partial charge in [0.05, 0.1) is 6.42 Å². The van der Waals surface area contributed by atoms with E-state index in [1.54, 1.807) is 0 Å². The fourth-order valence-electron chi connectivity index (χ4n) is 2.61. The Balaban J connectivity index is 2.34. The molecule has 0 saturated heterocycles. The SMILES string of the molecule is CN(C)c1ccc(C(CC(=O)O)c2ccc(N(C)C)cc2)cc1. The van der Waals surface area contributed by atoms with Gasteiger partial charge in [-0.05, 0) is 35.4 Å². The summed E-state index contributed by atoms with van der Waals surface area (Å²) in [5.41, 5.74) is 4.25. The third-order valence-corrected chi connectivity index (χ3v) is 4.00. The van der Waals surface area contributed by atoms with Gasteiger partial charge in [-0.1, -0.05) is 24.3 Å². The lowest BCUT2D eigenvalue weighted by Gasteiger charge is -2.19. The van der Waals surface area contributed by atoms with E-state index in [9.17, 15) is 9.90 Å². The number of nitrogens with zero attached hydrogens (tertiary/aromatic N) is 2. The minimum absolute atomic E-state index is 0.0859. The minimum atomic E-state index is -0.789. The van der Waals surface area contributed by atoms with E-state index in [1.165, 1.54) is 0 Å². The van der Waals surface area contributed by atoms with Gasteiger partial charge in [-0.3, -0.25) is 4.79 Å². The number of hydrogen-bond donors (Lipinski definition) is 1. The first kappa shape index (κ1) is 16.9. The zero-order valence-corrected chi connectivity index (χ0v) is 14.2. The summed E-state index contributed by atoms with van der Waals surface area (Å²) in [4.78, 5) is 15.3. The Morgan fingerprint density at radius 1 is 0.826 bits per heavy atom. The zero-order valence-electron chi connectivity index (χ0n) is 14.2. The highest BCUT2D eigenvalue weighted by Crippen LogP contribution is 2.30. The van der Waals surface area contributed by atoms with Gasteiger partial charge in [-0.2, -0.15) is 0 Å². The van der Waals surface area contributed by atoms with E-state index in [1.807, 2.05) is 86.5 Å². The Morgan fingerprint density at radius 3 is 1.43 bits per heavy atom. The quantitative estimate of drug-likeness (QED) is 0.887. The molecule has 0 saturated carbocycles. The summed E-state index contributed by atoms with van der Waals surface area (Å²) in [5.74, 6) is -0.928. The summed E-state index contributed by atoms with van der Waals surface area (Å²) >= 11 is 0. The van der Waals surface area contributed by atoms with Gasteiger partial charge in [-0.15, -0.1) is 0 Å². The fourth-order valence-corrected chi connectivity index (χ4v) is 2.61. The van der Waals surface area contributed by atoms with Crippen LogP contribution in [0.15, 0.2) is 48.5 Å². The molecule has 0 amide bonds. The Kier molecular flexibility index (Phi) is 5.27. The molecule has 2 aromatic rings. The van der Waals surface area contributed by atoms with Crippen LogP contribution in [0.25, 0.3) is 0 Å². The van der Waals surface area contributed by atoms with Crippen molar-refractivity contribution < 1.29 is 9.90 Å². The number of anilines is 2. The molecule has 0 atom stereocenters. The van der Waals surface area contributed by atoms with Crippen molar-refractivity contribution in [1.29, 1.82) is 0 Å². The highest BCUT2D eigenvalue weighted by molar-refractivity contribution is 5.69. The van der Waals surface area contributed by atoms with Crippen LogP contribution in [-0.2, 0) is 4.79 Å². The molecule has 0 aliphatic carbocycles. The molecule has 2 aromatic carbocycles. The number of hydrogen-bond acceptors (Lipinski definition) is 3. The van der Waals surface area contributed by atoms with Gasteiger partial charge < -0.3 is 14.9 Å². The van der Waals surface area contributed by atoms with Crippen LogP contribution in [0, 0.1) is 0 Å². The van der Waals surface area contributed by atoms with Crippen LogP contribution < -0.4 is 9.80 Å². The largest absolute Gasteiger partial charge is 0.481 e. The molecule has 0 aliphatic rings. The first-order valence-corrected chi connectivity index (χ1v) is 7.65. The highest BCUT2D eigenvalue weighted by atomic mass is 16.4. The van der Waals surface area contributed by atoms with Gasteiger partial charge in [-0.25, -0.2) is 0 Å². The van der Waals surface area contributed by atoms with Gasteiger partial charge in [0.15, 0.2) is 0 Å². The molecule has 4 nitrogen and oxygen atoms in total. The normalized spacial score (nSPS) is 10.7. The van der Waals surface area contributed by atoms with Gasteiger partial charge in [0.1, 0.15) is 0 Å². The number of carbonyl (C=O) groups is 1. The summed E-state index contributed by atoms with van der Waals surface area (Å²) in [5, 5.41) is 9.28. The maximum absolute atomic E-state index is 11.3. The molecule has 2 rings (SSSR count). The summed E-state index contributed by atoms with van der Waals surface area (Å²) in [6.45, 7) is 0. The molecular weight excluding hydrogens is 288 g/mol. The molecule has 0 heterocycles. The number of carboxylic acids is 1. The maximum atomic E-state index is 11.3. The van der Waals surface area contributed by atoms with Crippen molar-refractivity contribution in [2.75, 3.05) is 38.0 Å². The third kappa shape index (κ3) is 4.25.